The molecule has 0 bridgehead atoms. The summed E-state index contributed by atoms with van der Waals surface area (Å²) in [7, 11) is 3.19. The predicted molar refractivity (Wildman–Crippen MR) is 107 cm³/mol. The maximum Gasteiger partial charge on any atom is 0.220 e. The van der Waals surface area contributed by atoms with Crippen LogP contribution in [0.2, 0.25) is 0 Å². The summed E-state index contributed by atoms with van der Waals surface area (Å²) in [5.41, 5.74) is 2.68. The van der Waals surface area contributed by atoms with Crippen LogP contribution in [-0.2, 0) is 22.7 Å². The van der Waals surface area contributed by atoms with E-state index < -0.39 is 0 Å². The molecule has 0 fully saturated rings. The van der Waals surface area contributed by atoms with Gasteiger partial charge in [-0.3, -0.25) is 9.59 Å². The molecular formula is C22H27NO5. The first-order chi connectivity index (χ1) is 13.5. The number of amides is 1. The Balaban J connectivity index is 1.74. The summed E-state index contributed by atoms with van der Waals surface area (Å²) < 4.78 is 16.1. The van der Waals surface area contributed by atoms with E-state index in [4.69, 9.17) is 14.2 Å². The Kier molecular flexibility index (Phi) is 8.49. The summed E-state index contributed by atoms with van der Waals surface area (Å²) in [5.74, 6) is 1.00. The first-order valence-corrected chi connectivity index (χ1v) is 9.18. The number of benzene rings is 2. The van der Waals surface area contributed by atoms with E-state index in [2.05, 4.69) is 5.32 Å². The van der Waals surface area contributed by atoms with Crippen molar-refractivity contribution >= 4 is 11.7 Å². The first kappa shape index (κ1) is 21.4. The summed E-state index contributed by atoms with van der Waals surface area (Å²) in [6.45, 7) is 2.92. The van der Waals surface area contributed by atoms with E-state index in [1.54, 1.807) is 25.3 Å². The zero-order valence-corrected chi connectivity index (χ0v) is 16.6. The van der Waals surface area contributed by atoms with Crippen LogP contribution in [0.3, 0.4) is 0 Å². The fourth-order valence-electron chi connectivity index (χ4n) is 2.71. The van der Waals surface area contributed by atoms with Crippen LogP contribution in [0.1, 0.15) is 41.3 Å². The molecule has 1 amide bonds. The van der Waals surface area contributed by atoms with Gasteiger partial charge in [0.25, 0.3) is 0 Å². The third kappa shape index (κ3) is 6.70. The fraction of sp³-hybridized carbons (Fsp3) is 0.364. The molecule has 0 saturated heterocycles. The molecule has 2 aromatic rings. The number of hydrogen-bond donors (Lipinski definition) is 1. The summed E-state index contributed by atoms with van der Waals surface area (Å²) in [5, 5.41) is 2.91. The maximum absolute atomic E-state index is 12.0. The molecule has 1 N–H and O–H groups in total. The second-order valence-electron chi connectivity index (χ2n) is 6.40. The molecule has 0 atom stereocenters. The highest BCUT2D eigenvalue weighted by Crippen LogP contribution is 2.28. The molecule has 0 aromatic heterocycles. The van der Waals surface area contributed by atoms with Gasteiger partial charge in [-0.15, -0.1) is 0 Å². The van der Waals surface area contributed by atoms with E-state index >= 15 is 0 Å². The SMILES string of the molecule is COCc1cccc(CNC(=O)CCCOc2ccc(C(C)=O)cc2OC)c1. The average molecular weight is 385 g/mol. The number of ether oxygens (including phenoxy) is 3. The fourth-order valence-corrected chi connectivity index (χ4v) is 2.71. The highest BCUT2D eigenvalue weighted by atomic mass is 16.5. The van der Waals surface area contributed by atoms with Crippen molar-refractivity contribution in [2.75, 3.05) is 20.8 Å². The Morgan fingerprint density at radius 2 is 1.79 bits per heavy atom. The summed E-state index contributed by atoms with van der Waals surface area (Å²) in [6, 6.07) is 13.0. The third-order valence-corrected chi connectivity index (χ3v) is 4.17. The van der Waals surface area contributed by atoms with Crippen LogP contribution in [0.15, 0.2) is 42.5 Å². The standard InChI is InChI=1S/C22H27NO5/c1-16(24)19-9-10-20(21(13-19)27-3)28-11-5-8-22(25)23-14-17-6-4-7-18(12-17)15-26-2/h4,6-7,9-10,12-13H,5,8,11,14-15H2,1-3H3,(H,23,25). The van der Waals surface area contributed by atoms with Crippen molar-refractivity contribution in [1.82, 2.24) is 5.32 Å². The minimum Gasteiger partial charge on any atom is -0.493 e. The minimum absolute atomic E-state index is 0.0281. The van der Waals surface area contributed by atoms with Gasteiger partial charge in [0, 0.05) is 25.6 Å². The van der Waals surface area contributed by atoms with Crippen molar-refractivity contribution in [2.45, 2.75) is 32.9 Å². The van der Waals surface area contributed by atoms with Gasteiger partial charge >= 0.3 is 0 Å². The predicted octanol–water partition coefficient (Wildman–Crippen LogP) is 3.52. The van der Waals surface area contributed by atoms with E-state index in [0.29, 0.717) is 49.7 Å². The monoisotopic (exact) mass is 385 g/mol. The van der Waals surface area contributed by atoms with Gasteiger partial charge in [-0.05, 0) is 42.7 Å². The quantitative estimate of drug-likeness (QED) is 0.473. The van der Waals surface area contributed by atoms with Crippen LogP contribution in [0, 0.1) is 0 Å². The van der Waals surface area contributed by atoms with E-state index in [9.17, 15) is 9.59 Å². The number of ketones is 1. The Morgan fingerprint density at radius 3 is 2.50 bits per heavy atom. The number of carbonyl (C=O) groups excluding carboxylic acids is 2. The minimum atomic E-state index is -0.0331. The molecule has 0 aliphatic heterocycles. The molecule has 0 unspecified atom stereocenters. The third-order valence-electron chi connectivity index (χ3n) is 4.17. The van der Waals surface area contributed by atoms with E-state index in [1.165, 1.54) is 14.0 Å². The van der Waals surface area contributed by atoms with Gasteiger partial charge in [-0.2, -0.15) is 0 Å². The van der Waals surface area contributed by atoms with Crippen molar-refractivity contribution in [3.05, 3.63) is 59.2 Å². The molecule has 0 heterocycles. The molecule has 0 radical (unpaired) electrons. The van der Waals surface area contributed by atoms with Crippen LogP contribution >= 0.6 is 0 Å². The van der Waals surface area contributed by atoms with Crippen molar-refractivity contribution in [3.63, 3.8) is 0 Å². The van der Waals surface area contributed by atoms with Crippen LogP contribution in [0.25, 0.3) is 0 Å². The zero-order valence-electron chi connectivity index (χ0n) is 16.6. The van der Waals surface area contributed by atoms with E-state index in [1.807, 2.05) is 24.3 Å². The molecule has 2 rings (SSSR count). The largest absolute Gasteiger partial charge is 0.493 e. The van der Waals surface area contributed by atoms with Crippen molar-refractivity contribution < 1.29 is 23.8 Å². The van der Waals surface area contributed by atoms with E-state index in [-0.39, 0.29) is 11.7 Å². The average Bonchev–Trinajstić information content (AvgIpc) is 2.70. The van der Waals surface area contributed by atoms with Crippen molar-refractivity contribution in [1.29, 1.82) is 0 Å². The van der Waals surface area contributed by atoms with Crippen molar-refractivity contribution in [3.8, 4) is 11.5 Å². The molecule has 28 heavy (non-hydrogen) atoms. The lowest BCUT2D eigenvalue weighted by Gasteiger charge is -2.11. The molecule has 150 valence electrons. The Hall–Kier alpha value is -2.86. The number of methoxy groups -OCH3 is 2. The van der Waals surface area contributed by atoms with Crippen molar-refractivity contribution in [2.24, 2.45) is 0 Å². The summed E-state index contributed by atoms with van der Waals surface area (Å²) in [4.78, 5) is 23.5. The lowest BCUT2D eigenvalue weighted by atomic mass is 10.1. The van der Waals surface area contributed by atoms with Crippen LogP contribution in [-0.4, -0.2) is 32.5 Å². The number of nitrogens with one attached hydrogen (secondary N) is 1. The van der Waals surface area contributed by atoms with Gasteiger partial charge in [-0.1, -0.05) is 24.3 Å². The number of rotatable bonds is 11. The Bertz CT molecular complexity index is 803. The molecule has 6 nitrogen and oxygen atoms in total. The van der Waals surface area contributed by atoms with E-state index in [0.717, 1.165) is 11.1 Å². The Labute approximate surface area is 165 Å². The lowest BCUT2D eigenvalue weighted by molar-refractivity contribution is -0.121. The van der Waals surface area contributed by atoms with Gasteiger partial charge in [-0.25, -0.2) is 0 Å². The zero-order chi connectivity index (χ0) is 20.4. The van der Waals surface area contributed by atoms with Crippen LogP contribution < -0.4 is 14.8 Å². The van der Waals surface area contributed by atoms with Gasteiger partial charge in [0.1, 0.15) is 0 Å². The highest BCUT2D eigenvalue weighted by Gasteiger charge is 2.09. The molecule has 0 saturated carbocycles. The molecule has 2 aromatic carbocycles. The summed E-state index contributed by atoms with van der Waals surface area (Å²) >= 11 is 0. The number of Topliss-reactive ketones (excluding diaryl/α,β-unsaturated/α-hetero) is 1. The molecule has 6 heteroatoms. The second-order valence-corrected chi connectivity index (χ2v) is 6.40. The molecular weight excluding hydrogens is 358 g/mol. The molecule has 0 spiro atoms. The molecule has 0 aliphatic rings. The highest BCUT2D eigenvalue weighted by molar-refractivity contribution is 5.94. The van der Waals surface area contributed by atoms with Crippen LogP contribution in [0.4, 0.5) is 0 Å². The summed E-state index contributed by atoms with van der Waals surface area (Å²) in [6.07, 6.45) is 0.943. The van der Waals surface area contributed by atoms with Gasteiger partial charge < -0.3 is 19.5 Å². The lowest BCUT2D eigenvalue weighted by Crippen LogP contribution is -2.23. The Morgan fingerprint density at radius 1 is 1.00 bits per heavy atom. The van der Waals surface area contributed by atoms with Gasteiger partial charge in [0.15, 0.2) is 17.3 Å². The molecule has 0 aliphatic carbocycles. The normalized spacial score (nSPS) is 10.4. The van der Waals surface area contributed by atoms with Gasteiger partial charge in [0.2, 0.25) is 5.91 Å². The number of hydrogen-bond acceptors (Lipinski definition) is 5. The van der Waals surface area contributed by atoms with Gasteiger partial charge in [0.05, 0.1) is 20.3 Å². The number of carbonyl (C=O) groups is 2. The smallest absolute Gasteiger partial charge is 0.220 e. The second kappa shape index (κ2) is 11.1. The first-order valence-electron chi connectivity index (χ1n) is 9.18. The van der Waals surface area contributed by atoms with Crippen LogP contribution in [0.5, 0.6) is 11.5 Å². The topological polar surface area (TPSA) is 73.9 Å². The maximum atomic E-state index is 12.0.